The second-order valence-corrected chi connectivity index (χ2v) is 6.02. The molecule has 23 heavy (non-hydrogen) atoms. The third kappa shape index (κ3) is 4.97. The average molecular weight is 352 g/mol. The number of esters is 1. The third-order valence-electron chi connectivity index (χ3n) is 3.29. The van der Waals surface area contributed by atoms with Gasteiger partial charge in [-0.2, -0.15) is 0 Å². The Balaban J connectivity index is 1.93. The third-order valence-corrected chi connectivity index (χ3v) is 4.26. The van der Waals surface area contributed by atoms with Crippen LogP contribution in [0.3, 0.4) is 0 Å². The molecule has 0 saturated heterocycles. The lowest BCUT2D eigenvalue weighted by Gasteiger charge is -2.08. The maximum Gasteiger partial charge on any atom is 0.310 e. The number of aryl methyl sites for hydroxylation is 1. The standard InChI is InChI=1S/C16H14ClNO4S/c1-11-2-7-15(23-17)8-13(11)9-16(19)22-10-12-3-5-14(6-4-12)18(20)21/h2-8H,9-10H2,1H3. The van der Waals surface area contributed by atoms with Gasteiger partial charge in [0.15, 0.2) is 0 Å². The maximum absolute atomic E-state index is 11.9. The molecule has 0 aliphatic rings. The molecule has 2 aromatic carbocycles. The highest BCUT2D eigenvalue weighted by Gasteiger charge is 2.10. The van der Waals surface area contributed by atoms with E-state index in [1.807, 2.05) is 25.1 Å². The largest absolute Gasteiger partial charge is 0.461 e. The van der Waals surface area contributed by atoms with E-state index < -0.39 is 4.92 Å². The second kappa shape index (κ2) is 7.99. The number of benzene rings is 2. The molecule has 0 radical (unpaired) electrons. The number of halogens is 1. The average Bonchev–Trinajstić information content (AvgIpc) is 2.55. The smallest absolute Gasteiger partial charge is 0.310 e. The Bertz CT molecular complexity index is 719. The fourth-order valence-corrected chi connectivity index (χ4v) is 2.56. The molecule has 0 heterocycles. The normalized spacial score (nSPS) is 10.3. The Kier molecular flexibility index (Phi) is 6.01. The van der Waals surface area contributed by atoms with Gasteiger partial charge < -0.3 is 4.74 Å². The number of nitrogens with zero attached hydrogens (tertiary/aromatic N) is 1. The monoisotopic (exact) mass is 351 g/mol. The van der Waals surface area contributed by atoms with Crippen molar-refractivity contribution < 1.29 is 14.5 Å². The summed E-state index contributed by atoms with van der Waals surface area (Å²) in [5.41, 5.74) is 2.56. The fourth-order valence-electron chi connectivity index (χ4n) is 1.97. The van der Waals surface area contributed by atoms with Crippen LogP contribution >= 0.6 is 21.7 Å². The number of carbonyl (C=O) groups excluding carboxylic acids is 1. The molecule has 0 fully saturated rings. The van der Waals surface area contributed by atoms with Crippen LogP contribution < -0.4 is 0 Å². The SMILES string of the molecule is Cc1ccc(SCl)cc1CC(=O)OCc1ccc([N+](=O)[O-])cc1. The van der Waals surface area contributed by atoms with Crippen LogP contribution in [0.1, 0.15) is 16.7 Å². The zero-order valence-corrected chi connectivity index (χ0v) is 13.9. The van der Waals surface area contributed by atoms with Gasteiger partial charge in [0.25, 0.3) is 5.69 Å². The molecule has 0 spiro atoms. The lowest BCUT2D eigenvalue weighted by Crippen LogP contribution is -2.09. The maximum atomic E-state index is 11.9. The minimum absolute atomic E-state index is 0.00564. The number of hydrogen-bond acceptors (Lipinski definition) is 5. The fraction of sp³-hybridized carbons (Fsp3) is 0.188. The van der Waals surface area contributed by atoms with E-state index in [0.717, 1.165) is 27.0 Å². The van der Waals surface area contributed by atoms with Crippen molar-refractivity contribution >= 4 is 33.3 Å². The zero-order valence-electron chi connectivity index (χ0n) is 12.3. The van der Waals surface area contributed by atoms with Crippen LogP contribution in [-0.4, -0.2) is 10.9 Å². The van der Waals surface area contributed by atoms with Crippen LogP contribution in [-0.2, 0) is 22.6 Å². The van der Waals surface area contributed by atoms with Crippen molar-refractivity contribution in [2.75, 3.05) is 0 Å². The van der Waals surface area contributed by atoms with Gasteiger partial charge in [0, 0.05) is 17.0 Å². The summed E-state index contributed by atoms with van der Waals surface area (Å²) >= 11 is 0. The van der Waals surface area contributed by atoms with Gasteiger partial charge in [-0.1, -0.05) is 6.07 Å². The first-order chi connectivity index (χ1) is 11.0. The summed E-state index contributed by atoms with van der Waals surface area (Å²) < 4.78 is 5.21. The molecule has 0 N–H and O–H groups in total. The van der Waals surface area contributed by atoms with Crippen LogP contribution in [0.5, 0.6) is 0 Å². The Morgan fingerprint density at radius 3 is 2.57 bits per heavy atom. The Morgan fingerprint density at radius 2 is 1.96 bits per heavy atom. The van der Waals surface area contributed by atoms with Crippen molar-refractivity contribution in [1.82, 2.24) is 0 Å². The van der Waals surface area contributed by atoms with Crippen LogP contribution in [0.4, 0.5) is 5.69 Å². The number of rotatable bonds is 6. The van der Waals surface area contributed by atoms with E-state index in [9.17, 15) is 14.9 Å². The molecule has 2 aromatic rings. The Hall–Kier alpha value is -2.05. The molecule has 0 aliphatic heterocycles. The van der Waals surface area contributed by atoms with Crippen molar-refractivity contribution in [3.63, 3.8) is 0 Å². The van der Waals surface area contributed by atoms with E-state index in [-0.39, 0.29) is 24.7 Å². The number of ether oxygens (including phenoxy) is 1. The van der Waals surface area contributed by atoms with E-state index in [4.69, 9.17) is 15.4 Å². The highest BCUT2D eigenvalue weighted by Crippen LogP contribution is 2.24. The molecule has 0 unspecified atom stereocenters. The van der Waals surface area contributed by atoms with E-state index in [1.165, 1.54) is 12.1 Å². The molecule has 0 amide bonds. The van der Waals surface area contributed by atoms with Gasteiger partial charge >= 0.3 is 5.97 Å². The van der Waals surface area contributed by atoms with Crippen LogP contribution in [0.15, 0.2) is 47.4 Å². The predicted octanol–water partition coefficient (Wildman–Crippen LogP) is 4.44. The van der Waals surface area contributed by atoms with Crippen molar-refractivity contribution in [2.45, 2.75) is 24.8 Å². The zero-order chi connectivity index (χ0) is 16.8. The van der Waals surface area contributed by atoms with E-state index in [1.54, 1.807) is 12.1 Å². The van der Waals surface area contributed by atoms with E-state index in [0.29, 0.717) is 5.56 Å². The van der Waals surface area contributed by atoms with E-state index >= 15 is 0 Å². The first kappa shape index (κ1) is 17.3. The topological polar surface area (TPSA) is 69.4 Å². The molecule has 5 nitrogen and oxygen atoms in total. The Morgan fingerprint density at radius 1 is 1.26 bits per heavy atom. The minimum atomic E-state index is -0.472. The van der Waals surface area contributed by atoms with Crippen LogP contribution in [0, 0.1) is 17.0 Å². The molecule has 0 atom stereocenters. The predicted molar refractivity (Wildman–Crippen MR) is 89.5 cm³/mol. The van der Waals surface area contributed by atoms with Crippen LogP contribution in [0.25, 0.3) is 0 Å². The number of nitro benzene ring substituents is 1. The molecule has 0 aromatic heterocycles. The second-order valence-electron chi connectivity index (χ2n) is 4.93. The number of non-ortho nitro benzene ring substituents is 1. The summed E-state index contributed by atoms with van der Waals surface area (Å²) in [5.74, 6) is -0.358. The van der Waals surface area contributed by atoms with Gasteiger partial charge in [-0.3, -0.25) is 14.9 Å². The minimum Gasteiger partial charge on any atom is -0.461 e. The Labute approximate surface area is 142 Å². The van der Waals surface area contributed by atoms with Gasteiger partial charge in [-0.15, -0.1) is 0 Å². The summed E-state index contributed by atoms with van der Waals surface area (Å²) in [6, 6.07) is 11.6. The lowest BCUT2D eigenvalue weighted by atomic mass is 10.1. The first-order valence-electron chi connectivity index (χ1n) is 6.76. The molecule has 120 valence electrons. The number of hydrogen-bond donors (Lipinski definition) is 0. The van der Waals surface area contributed by atoms with Gasteiger partial charge in [0.2, 0.25) is 0 Å². The molecule has 0 aliphatic carbocycles. The van der Waals surface area contributed by atoms with Crippen molar-refractivity contribution in [2.24, 2.45) is 0 Å². The summed E-state index contributed by atoms with van der Waals surface area (Å²) in [6.07, 6.45) is 0.157. The number of carbonyl (C=O) groups is 1. The van der Waals surface area contributed by atoms with Crippen molar-refractivity contribution in [3.8, 4) is 0 Å². The van der Waals surface area contributed by atoms with Gasteiger partial charge in [0.05, 0.1) is 11.3 Å². The molecular formula is C16H14ClNO4S. The van der Waals surface area contributed by atoms with Crippen molar-refractivity contribution in [3.05, 3.63) is 69.3 Å². The van der Waals surface area contributed by atoms with Gasteiger partial charge in [-0.25, -0.2) is 0 Å². The summed E-state index contributed by atoms with van der Waals surface area (Å²) in [6.45, 7) is 2.00. The molecule has 0 saturated carbocycles. The number of nitro groups is 1. The lowest BCUT2D eigenvalue weighted by molar-refractivity contribution is -0.384. The summed E-state index contributed by atoms with van der Waals surface area (Å²) in [5, 5.41) is 10.6. The first-order valence-corrected chi connectivity index (χ1v) is 8.41. The summed E-state index contributed by atoms with van der Waals surface area (Å²) in [4.78, 5) is 22.9. The quantitative estimate of drug-likeness (QED) is 0.437. The molecule has 7 heteroatoms. The van der Waals surface area contributed by atoms with Gasteiger partial charge in [0.1, 0.15) is 6.61 Å². The van der Waals surface area contributed by atoms with Crippen LogP contribution in [0.2, 0.25) is 0 Å². The molecular weight excluding hydrogens is 338 g/mol. The molecule has 2 rings (SSSR count). The van der Waals surface area contributed by atoms with Crippen molar-refractivity contribution in [1.29, 1.82) is 0 Å². The highest BCUT2D eigenvalue weighted by atomic mass is 35.7. The summed E-state index contributed by atoms with van der Waals surface area (Å²) in [7, 11) is 6.81. The molecule has 0 bridgehead atoms. The van der Waals surface area contributed by atoms with Gasteiger partial charge in [-0.05, 0) is 69.5 Å². The van der Waals surface area contributed by atoms with E-state index in [2.05, 4.69) is 0 Å². The highest BCUT2D eigenvalue weighted by molar-refractivity contribution is 8.21.